The summed E-state index contributed by atoms with van der Waals surface area (Å²) in [5.74, 6) is 0.450. The molecule has 19 heavy (non-hydrogen) atoms. The number of amidine groups is 1. The van der Waals surface area contributed by atoms with Crippen molar-refractivity contribution in [2.24, 2.45) is 28.1 Å². The van der Waals surface area contributed by atoms with Crippen LogP contribution >= 0.6 is 0 Å². The van der Waals surface area contributed by atoms with Crippen molar-refractivity contribution in [3.8, 4) is 0 Å². The Morgan fingerprint density at radius 2 is 2.05 bits per heavy atom. The van der Waals surface area contributed by atoms with Gasteiger partial charge >= 0.3 is 0 Å². The predicted molar refractivity (Wildman–Crippen MR) is 70.6 cm³/mol. The van der Waals surface area contributed by atoms with Crippen LogP contribution in [-0.2, 0) is 4.79 Å². The SMILES string of the molecule is CC1CC(C(=O)N2CCC(O)C(C)C2)(C(N)=NO)C1. The molecule has 2 fully saturated rings. The highest BCUT2D eigenvalue weighted by molar-refractivity contribution is 6.07. The van der Waals surface area contributed by atoms with Gasteiger partial charge in [-0.2, -0.15) is 0 Å². The zero-order chi connectivity index (χ0) is 14.2. The number of nitrogens with two attached hydrogens (primary N) is 1. The van der Waals surface area contributed by atoms with Crippen molar-refractivity contribution in [1.82, 2.24) is 4.90 Å². The number of piperidine rings is 1. The molecule has 1 heterocycles. The number of rotatable bonds is 2. The molecule has 108 valence electrons. The minimum atomic E-state index is -0.823. The van der Waals surface area contributed by atoms with Crippen molar-refractivity contribution in [3.63, 3.8) is 0 Å². The number of oxime groups is 1. The van der Waals surface area contributed by atoms with Gasteiger partial charge in [0.05, 0.1) is 6.10 Å². The molecular weight excluding hydrogens is 246 g/mol. The number of carbonyl (C=O) groups excluding carboxylic acids is 1. The van der Waals surface area contributed by atoms with Crippen LogP contribution in [0.3, 0.4) is 0 Å². The van der Waals surface area contributed by atoms with Gasteiger partial charge in [0.2, 0.25) is 5.91 Å². The van der Waals surface area contributed by atoms with Gasteiger partial charge in [-0.15, -0.1) is 0 Å². The average molecular weight is 269 g/mol. The lowest BCUT2D eigenvalue weighted by Gasteiger charge is -2.48. The number of aliphatic hydroxyl groups is 1. The van der Waals surface area contributed by atoms with Gasteiger partial charge in [0, 0.05) is 13.1 Å². The zero-order valence-corrected chi connectivity index (χ0v) is 11.5. The van der Waals surface area contributed by atoms with Crippen LogP contribution in [0.2, 0.25) is 0 Å². The first-order valence-corrected chi connectivity index (χ1v) is 6.86. The summed E-state index contributed by atoms with van der Waals surface area (Å²) in [6, 6.07) is 0. The summed E-state index contributed by atoms with van der Waals surface area (Å²) in [4.78, 5) is 14.4. The molecule has 0 bridgehead atoms. The van der Waals surface area contributed by atoms with Crippen molar-refractivity contribution in [2.45, 2.75) is 39.2 Å². The second-order valence-corrected chi connectivity index (χ2v) is 6.17. The second-order valence-electron chi connectivity index (χ2n) is 6.17. The van der Waals surface area contributed by atoms with E-state index in [-0.39, 0.29) is 23.8 Å². The fraction of sp³-hybridized carbons (Fsp3) is 0.846. The van der Waals surface area contributed by atoms with Gasteiger partial charge in [0.15, 0.2) is 5.84 Å². The molecule has 1 amide bonds. The summed E-state index contributed by atoms with van der Waals surface area (Å²) in [6.45, 7) is 5.07. The lowest BCUT2D eigenvalue weighted by Crippen LogP contribution is -2.59. The number of hydrogen-bond donors (Lipinski definition) is 3. The van der Waals surface area contributed by atoms with Crippen LogP contribution in [-0.4, -0.2) is 46.1 Å². The largest absolute Gasteiger partial charge is 0.409 e. The fourth-order valence-corrected chi connectivity index (χ4v) is 3.34. The highest BCUT2D eigenvalue weighted by atomic mass is 16.4. The Hall–Kier alpha value is -1.30. The molecule has 1 saturated carbocycles. The minimum absolute atomic E-state index is 0.0226. The molecule has 1 aliphatic carbocycles. The first-order valence-electron chi connectivity index (χ1n) is 6.86. The quantitative estimate of drug-likeness (QED) is 0.292. The van der Waals surface area contributed by atoms with E-state index < -0.39 is 5.41 Å². The Morgan fingerprint density at radius 1 is 1.42 bits per heavy atom. The van der Waals surface area contributed by atoms with E-state index >= 15 is 0 Å². The van der Waals surface area contributed by atoms with Gasteiger partial charge in [0.1, 0.15) is 5.41 Å². The maximum Gasteiger partial charge on any atom is 0.236 e. The molecule has 2 rings (SSSR count). The van der Waals surface area contributed by atoms with Crippen molar-refractivity contribution >= 4 is 11.7 Å². The molecule has 1 aliphatic heterocycles. The third-order valence-corrected chi connectivity index (χ3v) is 4.55. The number of amides is 1. The van der Waals surface area contributed by atoms with Gasteiger partial charge in [0.25, 0.3) is 0 Å². The van der Waals surface area contributed by atoms with Crippen LogP contribution in [0.4, 0.5) is 0 Å². The van der Waals surface area contributed by atoms with Crippen molar-refractivity contribution in [3.05, 3.63) is 0 Å². The number of hydrogen-bond acceptors (Lipinski definition) is 4. The van der Waals surface area contributed by atoms with Crippen LogP contribution < -0.4 is 5.73 Å². The Balaban J connectivity index is 2.13. The molecule has 0 aromatic rings. The third kappa shape index (κ3) is 2.29. The maximum absolute atomic E-state index is 12.7. The summed E-state index contributed by atoms with van der Waals surface area (Å²) >= 11 is 0. The highest BCUT2D eigenvalue weighted by Gasteiger charge is 2.54. The molecule has 1 saturated heterocycles. The second kappa shape index (κ2) is 5.00. The molecule has 0 radical (unpaired) electrons. The number of carbonyl (C=O) groups is 1. The molecule has 2 unspecified atom stereocenters. The third-order valence-electron chi connectivity index (χ3n) is 4.55. The molecule has 6 nitrogen and oxygen atoms in total. The Kier molecular flexibility index (Phi) is 3.71. The van der Waals surface area contributed by atoms with E-state index in [2.05, 4.69) is 12.1 Å². The first-order chi connectivity index (χ1) is 8.90. The van der Waals surface area contributed by atoms with E-state index in [1.165, 1.54) is 0 Å². The molecule has 2 atom stereocenters. The molecule has 0 aromatic carbocycles. The predicted octanol–water partition coefficient (Wildman–Crippen LogP) is 0.378. The van der Waals surface area contributed by atoms with Gasteiger partial charge in [-0.1, -0.05) is 19.0 Å². The normalized spacial score (nSPS) is 39.8. The van der Waals surface area contributed by atoms with Crippen LogP contribution in [0.1, 0.15) is 33.1 Å². The monoisotopic (exact) mass is 269 g/mol. The Bertz CT molecular complexity index is 391. The van der Waals surface area contributed by atoms with Crippen LogP contribution in [0.15, 0.2) is 5.16 Å². The summed E-state index contributed by atoms with van der Waals surface area (Å²) in [5, 5.41) is 21.7. The zero-order valence-electron chi connectivity index (χ0n) is 11.5. The van der Waals surface area contributed by atoms with Crippen LogP contribution in [0, 0.1) is 17.3 Å². The minimum Gasteiger partial charge on any atom is -0.409 e. The van der Waals surface area contributed by atoms with Gasteiger partial charge in [-0.3, -0.25) is 4.79 Å². The summed E-state index contributed by atoms with van der Waals surface area (Å²) < 4.78 is 0. The first kappa shape index (κ1) is 14.1. The summed E-state index contributed by atoms with van der Waals surface area (Å²) in [5.41, 5.74) is 4.92. The lowest BCUT2D eigenvalue weighted by atomic mass is 9.61. The van der Waals surface area contributed by atoms with E-state index in [4.69, 9.17) is 10.9 Å². The summed E-state index contributed by atoms with van der Waals surface area (Å²) in [6.07, 6.45) is 1.52. The number of nitrogens with zero attached hydrogens (tertiary/aromatic N) is 2. The maximum atomic E-state index is 12.7. The Morgan fingerprint density at radius 3 is 2.53 bits per heavy atom. The van der Waals surface area contributed by atoms with Crippen molar-refractivity contribution < 1.29 is 15.1 Å². The van der Waals surface area contributed by atoms with Crippen LogP contribution in [0.25, 0.3) is 0 Å². The Labute approximate surface area is 113 Å². The van der Waals surface area contributed by atoms with Crippen LogP contribution in [0.5, 0.6) is 0 Å². The standard InChI is InChI=1S/C13H23N3O3/c1-8-5-13(6-8,11(14)15-19)12(18)16-4-3-10(17)9(2)7-16/h8-10,17,19H,3-7H2,1-2H3,(H2,14,15). The molecule has 4 N–H and O–H groups in total. The van der Waals surface area contributed by atoms with E-state index in [1.807, 2.05) is 6.92 Å². The molecule has 6 heteroatoms. The van der Waals surface area contributed by atoms with E-state index in [0.29, 0.717) is 38.3 Å². The molecule has 2 aliphatic rings. The van der Waals surface area contributed by atoms with E-state index in [9.17, 15) is 9.90 Å². The summed E-state index contributed by atoms with van der Waals surface area (Å²) in [7, 11) is 0. The van der Waals surface area contributed by atoms with Gasteiger partial charge in [-0.05, 0) is 31.1 Å². The fourth-order valence-electron chi connectivity index (χ4n) is 3.34. The highest BCUT2D eigenvalue weighted by Crippen LogP contribution is 2.47. The smallest absolute Gasteiger partial charge is 0.236 e. The lowest BCUT2D eigenvalue weighted by molar-refractivity contribution is -0.148. The van der Waals surface area contributed by atoms with Gasteiger partial charge < -0.3 is 20.9 Å². The van der Waals surface area contributed by atoms with Gasteiger partial charge in [-0.25, -0.2) is 0 Å². The molecular formula is C13H23N3O3. The van der Waals surface area contributed by atoms with Crippen molar-refractivity contribution in [2.75, 3.05) is 13.1 Å². The molecule has 0 aromatic heterocycles. The number of aliphatic hydroxyl groups excluding tert-OH is 1. The number of likely N-dealkylation sites (tertiary alicyclic amines) is 1. The van der Waals surface area contributed by atoms with E-state index in [0.717, 1.165) is 0 Å². The van der Waals surface area contributed by atoms with E-state index in [1.54, 1.807) is 4.90 Å². The topological polar surface area (TPSA) is 99.2 Å². The average Bonchev–Trinajstić information content (AvgIpc) is 2.36. The molecule has 0 spiro atoms. The van der Waals surface area contributed by atoms with Crippen molar-refractivity contribution in [1.29, 1.82) is 0 Å².